The van der Waals surface area contributed by atoms with Crippen LogP contribution in [0.3, 0.4) is 0 Å². The van der Waals surface area contributed by atoms with E-state index in [2.05, 4.69) is 46.3 Å². The van der Waals surface area contributed by atoms with Crippen molar-refractivity contribution in [2.24, 2.45) is 23.5 Å². The summed E-state index contributed by atoms with van der Waals surface area (Å²) in [5.41, 5.74) is 8.62. The zero-order chi connectivity index (χ0) is 17.7. The Morgan fingerprint density at radius 3 is 2.12 bits per heavy atom. The minimum Gasteiger partial charge on any atom is -0.457 e. The second-order valence-corrected chi connectivity index (χ2v) is 9.70. The molecule has 0 aliphatic heterocycles. The molecular formula is C23H26BrNO. The van der Waals surface area contributed by atoms with Crippen molar-refractivity contribution in [3.8, 4) is 11.5 Å². The summed E-state index contributed by atoms with van der Waals surface area (Å²) in [6, 6.07) is 14.8. The van der Waals surface area contributed by atoms with Gasteiger partial charge in [-0.15, -0.1) is 0 Å². The third-order valence-electron chi connectivity index (χ3n) is 6.94. The quantitative estimate of drug-likeness (QED) is 0.652. The van der Waals surface area contributed by atoms with E-state index in [0.29, 0.717) is 12.0 Å². The Morgan fingerprint density at radius 2 is 1.54 bits per heavy atom. The highest BCUT2D eigenvalue weighted by molar-refractivity contribution is 9.10. The molecule has 26 heavy (non-hydrogen) atoms. The molecule has 0 saturated heterocycles. The molecule has 0 radical (unpaired) electrons. The predicted molar refractivity (Wildman–Crippen MR) is 108 cm³/mol. The van der Waals surface area contributed by atoms with Crippen LogP contribution in [0, 0.1) is 17.8 Å². The van der Waals surface area contributed by atoms with E-state index < -0.39 is 0 Å². The molecule has 0 amide bonds. The molecule has 2 N–H and O–H groups in total. The summed E-state index contributed by atoms with van der Waals surface area (Å²) in [7, 11) is 0. The van der Waals surface area contributed by atoms with E-state index in [1.165, 1.54) is 44.1 Å². The van der Waals surface area contributed by atoms with Crippen molar-refractivity contribution in [2.75, 3.05) is 0 Å². The number of ether oxygens (including phenoxy) is 1. The van der Waals surface area contributed by atoms with Gasteiger partial charge in [0.05, 0.1) is 0 Å². The highest BCUT2D eigenvalue weighted by Crippen LogP contribution is 2.62. The van der Waals surface area contributed by atoms with Gasteiger partial charge in [0.25, 0.3) is 0 Å². The van der Waals surface area contributed by atoms with Gasteiger partial charge in [-0.2, -0.15) is 0 Å². The maximum Gasteiger partial charge on any atom is 0.132 e. The van der Waals surface area contributed by atoms with Crippen molar-refractivity contribution in [3.63, 3.8) is 0 Å². The first kappa shape index (κ1) is 16.8. The smallest absolute Gasteiger partial charge is 0.132 e. The van der Waals surface area contributed by atoms with Crippen LogP contribution >= 0.6 is 15.9 Å². The van der Waals surface area contributed by atoms with Gasteiger partial charge < -0.3 is 10.5 Å². The molecule has 2 aromatic carbocycles. The minimum atomic E-state index is 0.335. The van der Waals surface area contributed by atoms with E-state index in [4.69, 9.17) is 10.5 Å². The lowest BCUT2D eigenvalue weighted by Crippen LogP contribution is -2.48. The monoisotopic (exact) mass is 411 g/mol. The number of halogens is 1. The van der Waals surface area contributed by atoms with Crippen molar-refractivity contribution in [1.29, 1.82) is 0 Å². The zero-order valence-electron chi connectivity index (χ0n) is 15.1. The summed E-state index contributed by atoms with van der Waals surface area (Å²) >= 11 is 3.65. The molecule has 136 valence electrons. The molecule has 0 aromatic heterocycles. The number of rotatable bonds is 4. The van der Waals surface area contributed by atoms with Gasteiger partial charge >= 0.3 is 0 Å². The lowest BCUT2D eigenvalue weighted by atomic mass is 9.48. The summed E-state index contributed by atoms with van der Waals surface area (Å²) in [5, 5.41) is 0. The lowest BCUT2D eigenvalue weighted by molar-refractivity contribution is -0.00598. The molecule has 0 heterocycles. The first-order valence-corrected chi connectivity index (χ1v) is 10.7. The van der Waals surface area contributed by atoms with E-state index in [1.807, 2.05) is 12.1 Å². The van der Waals surface area contributed by atoms with E-state index >= 15 is 0 Å². The Labute approximate surface area is 164 Å². The molecule has 0 spiro atoms. The predicted octanol–water partition coefficient (Wildman–Crippen LogP) is 6.17. The third-order valence-corrected chi connectivity index (χ3v) is 7.43. The third kappa shape index (κ3) is 2.90. The highest BCUT2D eigenvalue weighted by atomic mass is 79.9. The Hall–Kier alpha value is -1.32. The molecule has 0 atom stereocenters. The Balaban J connectivity index is 1.51. The molecule has 2 nitrogen and oxygen atoms in total. The van der Waals surface area contributed by atoms with Crippen LogP contribution in [0.25, 0.3) is 0 Å². The van der Waals surface area contributed by atoms with Gasteiger partial charge in [-0.3, -0.25) is 0 Å². The molecular weight excluding hydrogens is 386 g/mol. The van der Waals surface area contributed by atoms with Crippen LogP contribution in [-0.4, -0.2) is 0 Å². The molecule has 4 fully saturated rings. The maximum atomic E-state index is 6.41. The average Bonchev–Trinajstić information content (AvgIpc) is 2.61. The van der Waals surface area contributed by atoms with Gasteiger partial charge in [0.2, 0.25) is 0 Å². The molecule has 6 rings (SSSR count). The fourth-order valence-corrected chi connectivity index (χ4v) is 6.62. The van der Waals surface area contributed by atoms with Gasteiger partial charge in [-0.1, -0.05) is 34.1 Å². The molecule has 4 aliphatic carbocycles. The van der Waals surface area contributed by atoms with E-state index in [0.717, 1.165) is 39.3 Å². The second-order valence-electron chi connectivity index (χ2n) is 8.79. The van der Waals surface area contributed by atoms with Crippen LogP contribution in [0.4, 0.5) is 0 Å². The molecule has 0 unspecified atom stereocenters. The van der Waals surface area contributed by atoms with Gasteiger partial charge in [-0.25, -0.2) is 0 Å². The summed E-state index contributed by atoms with van der Waals surface area (Å²) in [6.45, 7) is 0.565. The Bertz CT molecular complexity index is 778. The zero-order valence-corrected chi connectivity index (χ0v) is 16.7. The number of hydrogen-bond acceptors (Lipinski definition) is 2. The summed E-state index contributed by atoms with van der Waals surface area (Å²) in [5.74, 6) is 4.72. The van der Waals surface area contributed by atoms with Crippen LogP contribution in [0.15, 0.2) is 46.9 Å². The SMILES string of the molecule is NCc1ccc(Oc2cc(Br)ccc2C23CC4CC(CC(C4)C2)C3)cc1. The number of benzene rings is 2. The van der Waals surface area contributed by atoms with Gasteiger partial charge in [0, 0.05) is 16.6 Å². The molecule has 3 heteroatoms. The number of hydrogen-bond donors (Lipinski definition) is 1. The molecule has 4 aliphatic rings. The van der Waals surface area contributed by atoms with E-state index in [-0.39, 0.29) is 0 Å². The van der Waals surface area contributed by atoms with Gasteiger partial charge in [0.1, 0.15) is 11.5 Å². The van der Waals surface area contributed by atoms with Crippen LogP contribution in [0.5, 0.6) is 11.5 Å². The molecule has 4 bridgehead atoms. The van der Waals surface area contributed by atoms with Crippen LogP contribution in [0.2, 0.25) is 0 Å². The Kier molecular flexibility index (Phi) is 4.13. The van der Waals surface area contributed by atoms with Crippen molar-refractivity contribution in [1.82, 2.24) is 0 Å². The van der Waals surface area contributed by atoms with Crippen LogP contribution in [0.1, 0.15) is 49.7 Å². The van der Waals surface area contributed by atoms with Crippen LogP contribution in [-0.2, 0) is 12.0 Å². The summed E-state index contributed by atoms with van der Waals surface area (Å²) in [6.07, 6.45) is 8.45. The van der Waals surface area contributed by atoms with Crippen molar-refractivity contribution < 1.29 is 4.74 Å². The summed E-state index contributed by atoms with van der Waals surface area (Å²) in [4.78, 5) is 0. The molecule has 2 aromatic rings. The first-order chi connectivity index (χ1) is 12.6. The van der Waals surface area contributed by atoms with Crippen molar-refractivity contribution >= 4 is 15.9 Å². The van der Waals surface area contributed by atoms with Crippen molar-refractivity contribution in [3.05, 3.63) is 58.1 Å². The summed E-state index contributed by atoms with van der Waals surface area (Å²) < 4.78 is 7.49. The minimum absolute atomic E-state index is 0.335. The molecule has 4 saturated carbocycles. The van der Waals surface area contributed by atoms with E-state index in [9.17, 15) is 0 Å². The second kappa shape index (κ2) is 6.38. The van der Waals surface area contributed by atoms with Gasteiger partial charge in [-0.05, 0) is 91.5 Å². The van der Waals surface area contributed by atoms with Gasteiger partial charge in [0.15, 0.2) is 0 Å². The average molecular weight is 412 g/mol. The standard InChI is InChI=1S/C23H26BrNO/c24-19-3-6-21(22(10-19)26-20-4-1-15(14-25)2-5-20)23-11-16-7-17(12-23)9-18(8-16)13-23/h1-6,10,16-18H,7-9,11-14,25H2. The topological polar surface area (TPSA) is 35.2 Å². The Morgan fingerprint density at radius 1 is 0.923 bits per heavy atom. The number of nitrogens with two attached hydrogens (primary N) is 1. The van der Waals surface area contributed by atoms with Crippen molar-refractivity contribution in [2.45, 2.75) is 50.5 Å². The lowest BCUT2D eigenvalue weighted by Gasteiger charge is -2.57. The maximum absolute atomic E-state index is 6.41. The first-order valence-electron chi connectivity index (χ1n) is 9.90. The van der Waals surface area contributed by atoms with E-state index in [1.54, 1.807) is 0 Å². The normalized spacial score (nSPS) is 32.0. The fourth-order valence-electron chi connectivity index (χ4n) is 6.28. The fraction of sp³-hybridized carbons (Fsp3) is 0.478. The highest BCUT2D eigenvalue weighted by Gasteiger charge is 2.52. The van der Waals surface area contributed by atoms with Crippen LogP contribution < -0.4 is 10.5 Å². The largest absolute Gasteiger partial charge is 0.457 e.